The van der Waals surface area contributed by atoms with Gasteiger partial charge in [-0.1, -0.05) is 30.3 Å². The van der Waals surface area contributed by atoms with Crippen molar-refractivity contribution in [3.05, 3.63) is 77.2 Å². The molecule has 0 radical (unpaired) electrons. The predicted octanol–water partition coefficient (Wildman–Crippen LogP) is 4.55. The number of piperazine rings is 1. The van der Waals surface area contributed by atoms with Crippen molar-refractivity contribution < 1.29 is 4.79 Å². The topological polar surface area (TPSA) is 23.6 Å². The summed E-state index contributed by atoms with van der Waals surface area (Å²) in [7, 11) is 0. The Morgan fingerprint density at radius 1 is 0.885 bits per heavy atom. The first-order chi connectivity index (χ1) is 12.8. The van der Waals surface area contributed by atoms with Gasteiger partial charge in [0.05, 0.1) is 0 Å². The molecule has 4 heteroatoms. The lowest BCUT2D eigenvalue weighted by atomic mass is 10.1. The Balaban J connectivity index is 1.41. The molecule has 132 valence electrons. The number of anilines is 1. The van der Waals surface area contributed by atoms with Gasteiger partial charge in [0.25, 0.3) is 0 Å². The monoisotopic (exact) mass is 362 g/mol. The van der Waals surface area contributed by atoms with E-state index in [0.717, 1.165) is 44.6 Å². The summed E-state index contributed by atoms with van der Waals surface area (Å²) in [5, 5.41) is 2.14. The van der Waals surface area contributed by atoms with E-state index < -0.39 is 0 Å². The summed E-state index contributed by atoms with van der Waals surface area (Å²) in [6.07, 6.45) is 0.896. The fourth-order valence-corrected chi connectivity index (χ4v) is 4.29. The molecule has 2 aromatic carbocycles. The highest BCUT2D eigenvalue weighted by Crippen LogP contribution is 2.29. The zero-order chi connectivity index (χ0) is 17.8. The maximum atomic E-state index is 10.8. The van der Waals surface area contributed by atoms with Crippen LogP contribution in [0.15, 0.2) is 66.0 Å². The third-order valence-corrected chi connectivity index (χ3v) is 5.87. The van der Waals surface area contributed by atoms with E-state index in [0.29, 0.717) is 0 Å². The van der Waals surface area contributed by atoms with Gasteiger partial charge >= 0.3 is 0 Å². The van der Waals surface area contributed by atoms with Gasteiger partial charge in [-0.25, -0.2) is 0 Å². The fraction of sp³-hybridized carbons (Fsp3) is 0.227. The maximum absolute atomic E-state index is 10.8. The molecule has 1 saturated heterocycles. The predicted molar refractivity (Wildman–Crippen MR) is 109 cm³/mol. The molecule has 26 heavy (non-hydrogen) atoms. The minimum Gasteiger partial charge on any atom is -0.369 e. The smallest absolute Gasteiger partial charge is 0.150 e. The molecule has 0 N–H and O–H groups in total. The van der Waals surface area contributed by atoms with Crippen molar-refractivity contribution in [1.29, 1.82) is 0 Å². The highest BCUT2D eigenvalue weighted by Gasteiger charge is 2.18. The number of hydrogen-bond donors (Lipinski definition) is 0. The van der Waals surface area contributed by atoms with Gasteiger partial charge in [0.1, 0.15) is 6.29 Å². The van der Waals surface area contributed by atoms with E-state index in [1.165, 1.54) is 21.7 Å². The Morgan fingerprint density at radius 3 is 2.35 bits per heavy atom. The van der Waals surface area contributed by atoms with Crippen LogP contribution in [0.1, 0.15) is 15.9 Å². The normalized spacial score (nSPS) is 15.2. The van der Waals surface area contributed by atoms with Crippen LogP contribution in [0, 0.1) is 0 Å². The van der Waals surface area contributed by atoms with Crippen molar-refractivity contribution in [2.75, 3.05) is 31.1 Å². The van der Waals surface area contributed by atoms with Crippen molar-refractivity contribution >= 4 is 23.3 Å². The molecule has 4 rings (SSSR count). The lowest BCUT2D eigenvalue weighted by molar-refractivity contribution is 0.112. The van der Waals surface area contributed by atoms with Crippen LogP contribution in [0.4, 0.5) is 5.69 Å². The van der Waals surface area contributed by atoms with E-state index in [1.54, 1.807) is 11.3 Å². The minimum atomic E-state index is 0.734. The molecule has 0 saturated carbocycles. The molecule has 0 aliphatic carbocycles. The minimum absolute atomic E-state index is 0.734. The number of rotatable bonds is 5. The second kappa shape index (κ2) is 7.85. The Morgan fingerprint density at radius 2 is 1.65 bits per heavy atom. The van der Waals surface area contributed by atoms with Crippen molar-refractivity contribution in [2.45, 2.75) is 6.54 Å². The summed E-state index contributed by atoms with van der Waals surface area (Å²) in [6, 6.07) is 20.9. The number of carbonyl (C=O) groups excluding carboxylic acids is 1. The number of carbonyl (C=O) groups is 1. The van der Waals surface area contributed by atoms with Crippen LogP contribution in [0.25, 0.3) is 10.4 Å². The molecule has 3 aromatic rings. The standard InChI is InChI=1S/C22H22N2OS/c25-17-18-7-9-20(10-8-18)24-13-11-23(12-14-24)16-19-4-1-2-5-21(19)22-6-3-15-26-22/h1-10,15,17H,11-14,16H2. The third-order valence-electron chi connectivity index (χ3n) is 4.96. The largest absolute Gasteiger partial charge is 0.369 e. The van der Waals surface area contributed by atoms with Crippen LogP contribution >= 0.6 is 11.3 Å². The molecule has 0 bridgehead atoms. The van der Waals surface area contributed by atoms with Gasteiger partial charge in [-0.3, -0.25) is 9.69 Å². The summed E-state index contributed by atoms with van der Waals surface area (Å²) < 4.78 is 0. The van der Waals surface area contributed by atoms with E-state index in [2.05, 4.69) is 51.6 Å². The average molecular weight is 362 g/mol. The van der Waals surface area contributed by atoms with Gasteiger partial charge < -0.3 is 4.90 Å². The summed E-state index contributed by atoms with van der Waals surface area (Å²) in [5.74, 6) is 0. The van der Waals surface area contributed by atoms with Crippen LogP contribution in [-0.2, 0) is 6.54 Å². The van der Waals surface area contributed by atoms with Gasteiger partial charge in [0, 0.05) is 48.9 Å². The Bertz CT molecular complexity index is 850. The molecule has 2 heterocycles. The zero-order valence-corrected chi connectivity index (χ0v) is 15.5. The van der Waals surface area contributed by atoms with Gasteiger partial charge in [-0.15, -0.1) is 11.3 Å². The van der Waals surface area contributed by atoms with Gasteiger partial charge in [0.15, 0.2) is 0 Å². The van der Waals surface area contributed by atoms with Crippen LogP contribution in [-0.4, -0.2) is 37.4 Å². The molecule has 1 aromatic heterocycles. The summed E-state index contributed by atoms with van der Waals surface area (Å²) in [6.45, 7) is 5.12. The van der Waals surface area contributed by atoms with Crippen LogP contribution in [0.3, 0.4) is 0 Å². The lowest BCUT2D eigenvalue weighted by Crippen LogP contribution is -2.46. The molecule has 1 aliphatic heterocycles. The zero-order valence-electron chi connectivity index (χ0n) is 14.7. The first-order valence-corrected chi connectivity index (χ1v) is 9.86. The van der Waals surface area contributed by atoms with Gasteiger partial charge in [-0.2, -0.15) is 0 Å². The molecule has 3 nitrogen and oxygen atoms in total. The van der Waals surface area contributed by atoms with Crippen molar-refractivity contribution in [3.63, 3.8) is 0 Å². The van der Waals surface area contributed by atoms with E-state index in [9.17, 15) is 4.79 Å². The molecular formula is C22H22N2OS. The highest BCUT2D eigenvalue weighted by atomic mass is 32.1. The van der Waals surface area contributed by atoms with E-state index in [4.69, 9.17) is 0 Å². The third kappa shape index (κ3) is 3.71. The van der Waals surface area contributed by atoms with E-state index >= 15 is 0 Å². The van der Waals surface area contributed by atoms with Gasteiger partial charge in [0.2, 0.25) is 0 Å². The molecule has 0 atom stereocenters. The van der Waals surface area contributed by atoms with Crippen LogP contribution in [0.5, 0.6) is 0 Å². The molecule has 1 fully saturated rings. The first-order valence-electron chi connectivity index (χ1n) is 8.98. The van der Waals surface area contributed by atoms with Crippen molar-refractivity contribution in [3.8, 4) is 10.4 Å². The van der Waals surface area contributed by atoms with Crippen molar-refractivity contribution in [2.24, 2.45) is 0 Å². The molecule has 0 spiro atoms. The second-order valence-corrected chi connectivity index (χ2v) is 7.55. The average Bonchev–Trinajstić information content (AvgIpc) is 3.24. The van der Waals surface area contributed by atoms with Crippen LogP contribution in [0.2, 0.25) is 0 Å². The number of thiophene rings is 1. The summed E-state index contributed by atoms with van der Waals surface area (Å²) >= 11 is 1.80. The Hall–Kier alpha value is -2.43. The number of aldehydes is 1. The molecule has 1 aliphatic rings. The molecule has 0 amide bonds. The molecule has 0 unspecified atom stereocenters. The summed E-state index contributed by atoms with van der Waals surface area (Å²) in [4.78, 5) is 17.1. The van der Waals surface area contributed by atoms with E-state index in [1.807, 2.05) is 24.3 Å². The molecular weight excluding hydrogens is 340 g/mol. The van der Waals surface area contributed by atoms with Gasteiger partial charge in [-0.05, 0) is 46.8 Å². The highest BCUT2D eigenvalue weighted by molar-refractivity contribution is 7.13. The van der Waals surface area contributed by atoms with Crippen molar-refractivity contribution in [1.82, 2.24) is 4.90 Å². The number of benzene rings is 2. The van der Waals surface area contributed by atoms with E-state index in [-0.39, 0.29) is 0 Å². The Kier molecular flexibility index (Phi) is 5.14. The second-order valence-electron chi connectivity index (χ2n) is 6.61. The first kappa shape index (κ1) is 17.0. The lowest BCUT2D eigenvalue weighted by Gasteiger charge is -2.36. The number of hydrogen-bond acceptors (Lipinski definition) is 4. The number of nitrogens with zero attached hydrogens (tertiary/aromatic N) is 2. The Labute approximate surface area is 158 Å². The maximum Gasteiger partial charge on any atom is 0.150 e. The quantitative estimate of drug-likeness (QED) is 0.622. The fourth-order valence-electron chi connectivity index (χ4n) is 3.50. The SMILES string of the molecule is O=Cc1ccc(N2CCN(Cc3ccccc3-c3cccs3)CC2)cc1. The summed E-state index contributed by atoms with van der Waals surface area (Å²) in [5.41, 5.74) is 4.69. The van der Waals surface area contributed by atoms with Crippen LogP contribution < -0.4 is 4.90 Å².